The van der Waals surface area contributed by atoms with Crippen LogP contribution < -0.4 is 0 Å². The van der Waals surface area contributed by atoms with Crippen LogP contribution in [0.4, 0.5) is 0 Å². The lowest BCUT2D eigenvalue weighted by Gasteiger charge is -2.25. The Morgan fingerprint density at radius 3 is 2.65 bits per heavy atom. The molecule has 1 aliphatic rings. The van der Waals surface area contributed by atoms with Crippen LogP contribution in [0.1, 0.15) is 33.4 Å². The number of aromatic nitrogens is 1. The van der Waals surface area contributed by atoms with Gasteiger partial charge in [-0.15, -0.1) is 0 Å². The van der Waals surface area contributed by atoms with Crippen LogP contribution in [-0.2, 0) is 0 Å². The Labute approximate surface area is 141 Å². The van der Waals surface area contributed by atoms with E-state index in [-0.39, 0.29) is 6.04 Å². The van der Waals surface area contributed by atoms with Crippen LogP contribution in [0, 0.1) is 0 Å². The molecule has 0 radical (unpaired) electrons. The van der Waals surface area contributed by atoms with Crippen LogP contribution in [-0.4, -0.2) is 41.6 Å². The van der Waals surface area contributed by atoms with Crippen LogP contribution in [0.2, 0.25) is 0 Å². The predicted molar refractivity (Wildman–Crippen MR) is 104 cm³/mol. The number of hydrogen-bond donors (Lipinski definition) is 1. The fourth-order valence-corrected chi connectivity index (χ4v) is 1.83. The molecule has 4 heteroatoms. The highest BCUT2D eigenvalue weighted by Crippen LogP contribution is 2.03. The number of likely N-dealkylation sites (N-methyl/N-ethyl adjacent to an activating group) is 1. The summed E-state index contributed by atoms with van der Waals surface area (Å²) in [6.45, 7) is 12.4. The van der Waals surface area contributed by atoms with Gasteiger partial charge in [0.05, 0.1) is 6.54 Å². The zero-order chi connectivity index (χ0) is 17.5. The molecule has 0 fully saturated rings. The van der Waals surface area contributed by atoms with E-state index in [1.165, 1.54) is 0 Å². The lowest BCUT2D eigenvalue weighted by molar-refractivity contribution is 0.544. The molecule has 126 valence electrons. The average molecular weight is 314 g/mol. The summed E-state index contributed by atoms with van der Waals surface area (Å²) in [7, 11) is 2.00. The van der Waals surface area contributed by atoms with Gasteiger partial charge in [-0.1, -0.05) is 38.7 Å². The van der Waals surface area contributed by atoms with Gasteiger partial charge in [0.15, 0.2) is 0 Å². The predicted octanol–water partition coefficient (Wildman–Crippen LogP) is 4.56. The number of nitrogens with one attached hydrogen (secondary N) is 1. The van der Waals surface area contributed by atoms with E-state index in [0.717, 1.165) is 18.1 Å². The number of nitrogens with zero attached hydrogens (tertiary/aromatic N) is 3. The molecule has 1 aromatic rings. The zero-order valence-corrected chi connectivity index (χ0v) is 15.0. The first-order chi connectivity index (χ1) is 11.2. The number of aromatic amines is 1. The first-order valence-electron chi connectivity index (χ1n) is 8.03. The van der Waals surface area contributed by atoms with Crippen molar-refractivity contribution in [3.05, 3.63) is 55.0 Å². The molecule has 1 atom stereocenters. The molecule has 0 spiro atoms. The Morgan fingerprint density at radius 1 is 1.39 bits per heavy atom. The van der Waals surface area contributed by atoms with Gasteiger partial charge in [-0.05, 0) is 32.1 Å². The highest BCUT2D eigenvalue weighted by molar-refractivity contribution is 5.92. The molecular formula is C19H30N4. The van der Waals surface area contributed by atoms with Crippen LogP contribution in [0.25, 0.3) is 6.08 Å². The van der Waals surface area contributed by atoms with Gasteiger partial charge in [0.25, 0.3) is 0 Å². The molecule has 0 amide bonds. The largest absolute Gasteiger partial charge is 0.362 e. The molecule has 1 N–H and O–H groups in total. The Balaban J connectivity index is 0.000000381. The second-order valence-electron chi connectivity index (χ2n) is 4.57. The minimum atomic E-state index is 0.173. The van der Waals surface area contributed by atoms with Gasteiger partial charge >= 0.3 is 0 Å². The molecule has 0 aromatic carbocycles. The Hall–Kier alpha value is -2.36. The number of H-pyrrole nitrogens is 1. The van der Waals surface area contributed by atoms with E-state index in [1.807, 2.05) is 83.6 Å². The number of aliphatic imine (C=N–C) groups is 2. The van der Waals surface area contributed by atoms with Gasteiger partial charge < -0.3 is 9.88 Å². The van der Waals surface area contributed by atoms with E-state index in [4.69, 9.17) is 0 Å². The number of rotatable bonds is 3. The third-order valence-corrected chi connectivity index (χ3v) is 2.87. The molecule has 0 bridgehead atoms. The molecule has 2 heterocycles. The molecule has 4 nitrogen and oxygen atoms in total. The SMILES string of the molecule is C/C=C\C=C/c1ccc[nH]1.C=CN=C1C(C)N=CCN1C.CC. The van der Waals surface area contributed by atoms with Gasteiger partial charge in [-0.25, -0.2) is 4.99 Å². The summed E-state index contributed by atoms with van der Waals surface area (Å²) >= 11 is 0. The average Bonchev–Trinajstić information content (AvgIpc) is 3.07. The summed E-state index contributed by atoms with van der Waals surface area (Å²) < 4.78 is 0. The van der Waals surface area contributed by atoms with Gasteiger partial charge in [-0.2, -0.15) is 0 Å². The van der Waals surface area contributed by atoms with Crippen molar-refractivity contribution in [3.63, 3.8) is 0 Å². The maximum Gasteiger partial charge on any atom is 0.129 e. The van der Waals surface area contributed by atoms with E-state index in [2.05, 4.69) is 26.4 Å². The van der Waals surface area contributed by atoms with Crippen molar-refractivity contribution >= 4 is 18.1 Å². The molecule has 0 aliphatic carbocycles. The van der Waals surface area contributed by atoms with Crippen molar-refractivity contribution in [3.8, 4) is 0 Å². The van der Waals surface area contributed by atoms with Crippen molar-refractivity contribution in [1.82, 2.24) is 9.88 Å². The minimum Gasteiger partial charge on any atom is -0.362 e. The van der Waals surface area contributed by atoms with Crippen molar-refractivity contribution in [2.24, 2.45) is 9.98 Å². The second kappa shape index (κ2) is 13.3. The summed E-state index contributed by atoms with van der Waals surface area (Å²) in [4.78, 5) is 13.5. The Morgan fingerprint density at radius 2 is 2.13 bits per heavy atom. The molecular weight excluding hydrogens is 284 g/mol. The smallest absolute Gasteiger partial charge is 0.129 e. The summed E-state index contributed by atoms with van der Waals surface area (Å²) in [5, 5.41) is 0. The van der Waals surface area contributed by atoms with Crippen LogP contribution >= 0.6 is 0 Å². The monoisotopic (exact) mass is 314 g/mol. The fraction of sp³-hybridized carbons (Fsp3) is 0.368. The molecule has 2 rings (SSSR count). The van der Waals surface area contributed by atoms with Crippen molar-refractivity contribution in [1.29, 1.82) is 0 Å². The van der Waals surface area contributed by atoms with Crippen LogP contribution in [0.5, 0.6) is 0 Å². The third-order valence-electron chi connectivity index (χ3n) is 2.87. The summed E-state index contributed by atoms with van der Waals surface area (Å²) in [5.41, 5.74) is 1.14. The standard InChI is InChI=1S/C9H11N.C8H13N3.C2H6/c1-2-3-4-6-9-7-5-8-10-9;1-4-9-8-7(2)10-5-6-11(8)3;1-2/h2-8,10H,1H3;4-5,7H,1,6H2,2-3H3;1-2H3/b3-2-,6-4-;;. The normalized spacial score (nSPS) is 18.6. The van der Waals surface area contributed by atoms with Crippen molar-refractivity contribution < 1.29 is 0 Å². The van der Waals surface area contributed by atoms with Crippen molar-refractivity contribution in [2.75, 3.05) is 13.6 Å². The topological polar surface area (TPSA) is 43.8 Å². The van der Waals surface area contributed by atoms with Crippen molar-refractivity contribution in [2.45, 2.75) is 33.7 Å². The van der Waals surface area contributed by atoms with Gasteiger partial charge in [-0.3, -0.25) is 4.99 Å². The Kier molecular flexibility index (Phi) is 11.9. The quantitative estimate of drug-likeness (QED) is 0.816. The number of hydrogen-bond acceptors (Lipinski definition) is 2. The van der Waals surface area contributed by atoms with Gasteiger partial charge in [0.1, 0.15) is 11.9 Å². The summed E-state index contributed by atoms with van der Waals surface area (Å²) in [6.07, 6.45) is 13.4. The van der Waals surface area contributed by atoms with E-state index in [1.54, 1.807) is 6.20 Å². The first kappa shape index (κ1) is 20.6. The van der Waals surface area contributed by atoms with Crippen LogP contribution in [0.3, 0.4) is 0 Å². The maximum atomic E-state index is 4.24. The third kappa shape index (κ3) is 8.61. The van der Waals surface area contributed by atoms with Gasteiger partial charge in [0.2, 0.25) is 0 Å². The molecule has 0 saturated heterocycles. The van der Waals surface area contributed by atoms with E-state index >= 15 is 0 Å². The van der Waals surface area contributed by atoms with E-state index < -0.39 is 0 Å². The summed E-state index contributed by atoms with van der Waals surface area (Å²) in [5.74, 6) is 0.988. The lowest BCUT2D eigenvalue weighted by Crippen LogP contribution is -2.39. The van der Waals surface area contributed by atoms with Gasteiger partial charge in [0, 0.05) is 31.4 Å². The second-order valence-corrected chi connectivity index (χ2v) is 4.57. The molecule has 1 aliphatic heterocycles. The maximum absolute atomic E-state index is 4.24. The minimum absolute atomic E-state index is 0.173. The van der Waals surface area contributed by atoms with Crippen LogP contribution in [0.15, 0.2) is 59.3 Å². The number of allylic oxidation sites excluding steroid dienone is 3. The summed E-state index contributed by atoms with van der Waals surface area (Å²) in [6, 6.07) is 4.18. The fourth-order valence-electron chi connectivity index (χ4n) is 1.83. The molecule has 23 heavy (non-hydrogen) atoms. The first-order valence-corrected chi connectivity index (χ1v) is 8.03. The van der Waals surface area contributed by atoms with E-state index in [9.17, 15) is 0 Å². The lowest BCUT2D eigenvalue weighted by atomic mass is 10.2. The Bertz CT molecular complexity index is 522. The highest BCUT2D eigenvalue weighted by atomic mass is 15.2. The zero-order valence-electron chi connectivity index (χ0n) is 15.0. The highest BCUT2D eigenvalue weighted by Gasteiger charge is 2.15. The molecule has 0 saturated carbocycles. The van der Waals surface area contributed by atoms with E-state index in [0.29, 0.717) is 0 Å². The molecule has 1 unspecified atom stereocenters. The molecule has 1 aromatic heterocycles. The number of amidine groups is 1.